The average Bonchev–Trinajstić information content (AvgIpc) is 2.68. The van der Waals surface area contributed by atoms with Crippen molar-refractivity contribution < 1.29 is 8.42 Å². The van der Waals surface area contributed by atoms with Crippen LogP contribution >= 0.6 is 11.6 Å². The lowest BCUT2D eigenvalue weighted by Crippen LogP contribution is -2.39. The Hall–Kier alpha value is 0.200. The van der Waals surface area contributed by atoms with Crippen molar-refractivity contribution in [3.05, 3.63) is 0 Å². The Morgan fingerprint density at radius 3 is 2.42 bits per heavy atom. The van der Waals surface area contributed by atoms with Crippen LogP contribution in [0, 0.1) is 0 Å². The van der Waals surface area contributed by atoms with Crippen LogP contribution in [0.4, 0.5) is 0 Å². The van der Waals surface area contributed by atoms with E-state index in [4.69, 9.17) is 11.6 Å². The van der Waals surface area contributed by atoms with Crippen LogP contribution in [-0.4, -0.2) is 25.6 Å². The van der Waals surface area contributed by atoms with Crippen molar-refractivity contribution in [3.63, 3.8) is 0 Å². The van der Waals surface area contributed by atoms with E-state index in [1.165, 1.54) is 0 Å². The molecule has 0 atom stereocenters. The molecule has 1 saturated carbocycles. The average molecular weight is 212 g/mol. The van der Waals surface area contributed by atoms with Crippen LogP contribution in [0.3, 0.4) is 0 Å². The quantitative estimate of drug-likeness (QED) is 0.692. The van der Waals surface area contributed by atoms with Crippen molar-refractivity contribution in [3.8, 4) is 0 Å². The van der Waals surface area contributed by atoms with E-state index in [0.29, 0.717) is 12.3 Å². The first-order valence-corrected chi connectivity index (χ1v) is 6.30. The Labute approximate surface area is 78.5 Å². The number of hydrogen-bond acceptors (Lipinski definition) is 2. The minimum absolute atomic E-state index is 0.200. The largest absolute Gasteiger partial charge is 0.212 e. The van der Waals surface area contributed by atoms with Crippen molar-refractivity contribution in [1.29, 1.82) is 0 Å². The zero-order valence-electron chi connectivity index (χ0n) is 7.14. The number of rotatable bonds is 5. The van der Waals surface area contributed by atoms with Gasteiger partial charge in [0.1, 0.15) is 0 Å². The van der Waals surface area contributed by atoms with Gasteiger partial charge in [0.2, 0.25) is 10.0 Å². The molecule has 0 bridgehead atoms. The van der Waals surface area contributed by atoms with Gasteiger partial charge in [-0.2, -0.15) is 0 Å². The van der Waals surface area contributed by atoms with Crippen molar-refractivity contribution in [2.45, 2.75) is 31.7 Å². The maximum atomic E-state index is 11.3. The second-order valence-electron chi connectivity index (χ2n) is 3.33. The Morgan fingerprint density at radius 2 is 2.08 bits per heavy atom. The van der Waals surface area contributed by atoms with E-state index in [9.17, 15) is 8.42 Å². The lowest BCUT2D eigenvalue weighted by Gasteiger charge is -2.13. The molecule has 0 heterocycles. The van der Waals surface area contributed by atoms with Crippen molar-refractivity contribution in [2.24, 2.45) is 0 Å². The van der Waals surface area contributed by atoms with Gasteiger partial charge in [0.25, 0.3) is 0 Å². The molecule has 72 valence electrons. The first-order valence-electron chi connectivity index (χ1n) is 4.11. The van der Waals surface area contributed by atoms with Gasteiger partial charge in [-0.25, -0.2) is 13.1 Å². The van der Waals surface area contributed by atoms with Gasteiger partial charge < -0.3 is 0 Å². The molecule has 1 aliphatic rings. The van der Waals surface area contributed by atoms with Gasteiger partial charge in [-0.05, 0) is 19.3 Å². The fraction of sp³-hybridized carbons (Fsp3) is 1.00. The summed E-state index contributed by atoms with van der Waals surface area (Å²) >= 11 is 5.63. The van der Waals surface area contributed by atoms with Crippen LogP contribution in [0.25, 0.3) is 0 Å². The Bertz CT molecular complexity index is 246. The number of halogens is 1. The summed E-state index contributed by atoms with van der Waals surface area (Å²) in [5, 5.41) is 0. The number of alkyl halides is 1. The number of sulfonamides is 1. The predicted molar refractivity (Wildman–Crippen MR) is 49.9 cm³/mol. The third kappa shape index (κ3) is 2.61. The summed E-state index contributed by atoms with van der Waals surface area (Å²) < 4.78 is 25.2. The lowest BCUT2D eigenvalue weighted by molar-refractivity contribution is 0.558. The van der Waals surface area contributed by atoms with Gasteiger partial charge in [0.05, 0.1) is 5.75 Å². The second kappa shape index (κ2) is 3.52. The molecule has 12 heavy (non-hydrogen) atoms. The predicted octanol–water partition coefficient (Wildman–Crippen LogP) is 1.09. The molecule has 0 spiro atoms. The molecule has 1 fully saturated rings. The SMILES string of the molecule is CCCS(=O)(=O)NC1(CCl)CC1. The van der Waals surface area contributed by atoms with Crippen LogP contribution < -0.4 is 4.72 Å². The standard InChI is InChI=1S/C7H14ClNO2S/c1-2-5-12(10,11)9-7(6-8)3-4-7/h9H,2-6H2,1H3. The van der Waals surface area contributed by atoms with Gasteiger partial charge >= 0.3 is 0 Å². The first kappa shape index (κ1) is 10.3. The van der Waals surface area contributed by atoms with Gasteiger partial charge in [-0.3, -0.25) is 0 Å². The van der Waals surface area contributed by atoms with E-state index >= 15 is 0 Å². The molecule has 0 aromatic heterocycles. The first-order chi connectivity index (χ1) is 5.54. The van der Waals surface area contributed by atoms with Crippen LogP contribution in [0.2, 0.25) is 0 Å². The molecule has 0 unspecified atom stereocenters. The van der Waals surface area contributed by atoms with E-state index in [1.807, 2.05) is 6.92 Å². The van der Waals surface area contributed by atoms with Gasteiger partial charge in [-0.1, -0.05) is 6.92 Å². The van der Waals surface area contributed by atoms with Gasteiger partial charge in [0, 0.05) is 11.4 Å². The maximum Gasteiger partial charge on any atom is 0.212 e. The summed E-state index contributed by atoms with van der Waals surface area (Å²) in [6.45, 7) is 1.85. The molecule has 0 radical (unpaired) electrons. The summed E-state index contributed by atoms with van der Waals surface area (Å²) in [7, 11) is -3.07. The van der Waals surface area contributed by atoms with Crippen molar-refractivity contribution >= 4 is 21.6 Å². The molecule has 0 saturated heterocycles. The summed E-state index contributed by atoms with van der Waals surface area (Å²) in [5.74, 6) is 0.585. The van der Waals surface area contributed by atoms with Crippen molar-refractivity contribution in [1.82, 2.24) is 4.72 Å². The highest BCUT2D eigenvalue weighted by molar-refractivity contribution is 7.89. The monoisotopic (exact) mass is 211 g/mol. The van der Waals surface area contributed by atoms with Crippen LogP contribution in [0.15, 0.2) is 0 Å². The van der Waals surface area contributed by atoms with Crippen LogP contribution in [-0.2, 0) is 10.0 Å². The zero-order chi connectivity index (χ0) is 9.24. The fourth-order valence-electron chi connectivity index (χ4n) is 1.06. The molecule has 0 amide bonds. The normalized spacial score (nSPS) is 20.8. The van der Waals surface area contributed by atoms with Crippen LogP contribution in [0.1, 0.15) is 26.2 Å². The molecular weight excluding hydrogens is 198 g/mol. The van der Waals surface area contributed by atoms with E-state index in [1.54, 1.807) is 0 Å². The number of nitrogens with one attached hydrogen (secondary N) is 1. The number of hydrogen-bond donors (Lipinski definition) is 1. The molecule has 0 aromatic carbocycles. The minimum Gasteiger partial charge on any atom is -0.212 e. The van der Waals surface area contributed by atoms with Crippen molar-refractivity contribution in [2.75, 3.05) is 11.6 Å². The molecule has 1 N–H and O–H groups in total. The minimum atomic E-state index is -3.07. The zero-order valence-corrected chi connectivity index (χ0v) is 8.71. The smallest absolute Gasteiger partial charge is 0.212 e. The summed E-state index contributed by atoms with van der Waals surface area (Å²) in [6, 6.07) is 0. The van der Waals surface area contributed by atoms with E-state index in [-0.39, 0.29) is 11.3 Å². The second-order valence-corrected chi connectivity index (χ2v) is 5.44. The molecule has 5 heteroatoms. The molecule has 0 aliphatic heterocycles. The van der Waals surface area contributed by atoms with Crippen LogP contribution in [0.5, 0.6) is 0 Å². The summed E-state index contributed by atoms with van der Waals surface area (Å²) in [6.07, 6.45) is 2.40. The van der Waals surface area contributed by atoms with E-state index in [2.05, 4.69) is 4.72 Å². The highest BCUT2D eigenvalue weighted by atomic mass is 35.5. The molecule has 3 nitrogen and oxygen atoms in total. The third-order valence-corrected chi connectivity index (χ3v) is 4.16. The maximum absolute atomic E-state index is 11.3. The Balaban J connectivity index is 2.50. The van der Waals surface area contributed by atoms with Gasteiger partial charge in [0.15, 0.2) is 0 Å². The molecular formula is C7H14ClNO2S. The lowest BCUT2D eigenvalue weighted by atomic mass is 10.4. The molecule has 1 rings (SSSR count). The van der Waals surface area contributed by atoms with E-state index in [0.717, 1.165) is 12.8 Å². The van der Waals surface area contributed by atoms with E-state index < -0.39 is 10.0 Å². The molecule has 1 aliphatic carbocycles. The highest BCUT2D eigenvalue weighted by Crippen LogP contribution is 2.37. The third-order valence-electron chi connectivity index (χ3n) is 1.95. The van der Waals surface area contributed by atoms with Gasteiger partial charge in [-0.15, -0.1) is 11.6 Å². The summed E-state index contributed by atoms with van der Waals surface area (Å²) in [5.41, 5.74) is -0.296. The Morgan fingerprint density at radius 1 is 1.50 bits per heavy atom. The Kier molecular flexibility index (Phi) is 3.01. The fourth-order valence-corrected chi connectivity index (χ4v) is 3.05. The highest BCUT2D eigenvalue weighted by Gasteiger charge is 2.44. The topological polar surface area (TPSA) is 46.2 Å². The summed E-state index contributed by atoms with van der Waals surface area (Å²) in [4.78, 5) is 0. The molecule has 0 aromatic rings.